The Morgan fingerprint density at radius 3 is 2.73 bits per heavy atom. The Hall–Kier alpha value is -1.29. The van der Waals surface area contributed by atoms with Crippen molar-refractivity contribution in [3.8, 4) is 6.07 Å². The van der Waals surface area contributed by atoms with Crippen LogP contribution in [0.4, 0.5) is 0 Å². The first-order valence-corrected chi connectivity index (χ1v) is 3.63. The van der Waals surface area contributed by atoms with Crippen LogP contribution in [0.2, 0.25) is 0 Å². The Morgan fingerprint density at radius 2 is 2.27 bits per heavy atom. The maximum absolute atomic E-state index is 8.74. The van der Waals surface area contributed by atoms with E-state index in [1.807, 2.05) is 25.1 Å². The number of hydrogen-bond donors (Lipinski definition) is 0. The van der Waals surface area contributed by atoms with E-state index in [2.05, 4.69) is 13.0 Å². The minimum absolute atomic E-state index is 0.731. The van der Waals surface area contributed by atoms with Crippen molar-refractivity contribution in [1.29, 1.82) is 5.26 Å². The van der Waals surface area contributed by atoms with Gasteiger partial charge in [0.1, 0.15) is 0 Å². The van der Waals surface area contributed by atoms with Gasteiger partial charge in [-0.1, -0.05) is 25.1 Å². The van der Waals surface area contributed by atoms with Crippen LogP contribution in [0.3, 0.4) is 0 Å². The fourth-order valence-electron chi connectivity index (χ4n) is 1.09. The van der Waals surface area contributed by atoms with E-state index in [1.165, 1.54) is 0 Å². The minimum Gasteiger partial charge on any atom is -0.192 e. The van der Waals surface area contributed by atoms with Crippen LogP contribution in [0, 0.1) is 18.3 Å². The molecule has 0 amide bonds. The molecule has 0 unspecified atom stereocenters. The molecule has 0 saturated carbocycles. The SMILES string of the molecule is [CH2]c1cccc(CC)c1C#N. The Labute approximate surface area is 67.3 Å². The largest absolute Gasteiger partial charge is 0.192 e. The average molecular weight is 144 g/mol. The Morgan fingerprint density at radius 1 is 1.55 bits per heavy atom. The van der Waals surface area contributed by atoms with Gasteiger partial charge >= 0.3 is 0 Å². The number of nitrogens with zero attached hydrogens (tertiary/aromatic N) is 1. The van der Waals surface area contributed by atoms with E-state index in [4.69, 9.17) is 5.26 Å². The number of nitriles is 1. The molecule has 1 aromatic carbocycles. The highest BCUT2D eigenvalue weighted by molar-refractivity contribution is 5.45. The lowest BCUT2D eigenvalue weighted by Gasteiger charge is -2.01. The molecule has 1 radical (unpaired) electrons. The van der Waals surface area contributed by atoms with Gasteiger partial charge in [0.2, 0.25) is 0 Å². The molecule has 0 aliphatic carbocycles. The lowest BCUT2D eigenvalue weighted by molar-refractivity contribution is 1.12. The zero-order chi connectivity index (χ0) is 8.27. The van der Waals surface area contributed by atoms with Crippen LogP contribution in [0.25, 0.3) is 0 Å². The molecule has 0 aliphatic rings. The Kier molecular flexibility index (Phi) is 2.28. The quantitative estimate of drug-likeness (QED) is 0.593. The highest BCUT2D eigenvalue weighted by Gasteiger charge is 2.00. The molecule has 0 spiro atoms. The van der Waals surface area contributed by atoms with Crippen LogP contribution in [-0.2, 0) is 6.42 Å². The molecule has 0 bridgehead atoms. The maximum atomic E-state index is 8.74. The Bertz CT molecular complexity index is 294. The van der Waals surface area contributed by atoms with Gasteiger partial charge in [0.05, 0.1) is 11.6 Å². The van der Waals surface area contributed by atoms with Gasteiger partial charge in [-0.3, -0.25) is 0 Å². The fraction of sp³-hybridized carbons (Fsp3) is 0.200. The molecule has 11 heavy (non-hydrogen) atoms. The van der Waals surface area contributed by atoms with Crippen LogP contribution >= 0.6 is 0 Å². The monoisotopic (exact) mass is 144 g/mol. The van der Waals surface area contributed by atoms with E-state index < -0.39 is 0 Å². The summed E-state index contributed by atoms with van der Waals surface area (Å²) in [5.41, 5.74) is 2.64. The smallest absolute Gasteiger partial charge is 0.0997 e. The van der Waals surface area contributed by atoms with Gasteiger partial charge in [-0.2, -0.15) is 5.26 Å². The molecule has 0 saturated heterocycles. The van der Waals surface area contributed by atoms with Crippen molar-refractivity contribution in [2.75, 3.05) is 0 Å². The third-order valence-electron chi connectivity index (χ3n) is 1.73. The number of hydrogen-bond acceptors (Lipinski definition) is 1. The van der Waals surface area contributed by atoms with Gasteiger partial charge in [0.15, 0.2) is 0 Å². The topological polar surface area (TPSA) is 23.8 Å². The highest BCUT2D eigenvalue weighted by Crippen LogP contribution is 2.12. The third-order valence-corrected chi connectivity index (χ3v) is 1.73. The molecule has 55 valence electrons. The average Bonchev–Trinajstić information content (AvgIpc) is 2.04. The fourth-order valence-corrected chi connectivity index (χ4v) is 1.09. The summed E-state index contributed by atoms with van der Waals surface area (Å²) >= 11 is 0. The molecular formula is C10H10N. The number of benzene rings is 1. The maximum Gasteiger partial charge on any atom is 0.0997 e. The van der Waals surface area contributed by atoms with Crippen molar-refractivity contribution >= 4 is 0 Å². The minimum atomic E-state index is 0.731. The standard InChI is InChI=1S/C10H10N/c1-3-9-6-4-5-8(2)10(9)7-11/h4-6H,2-3H2,1H3. The third kappa shape index (κ3) is 1.40. The van der Waals surface area contributed by atoms with Gasteiger partial charge in [0, 0.05) is 0 Å². The second kappa shape index (κ2) is 3.21. The van der Waals surface area contributed by atoms with Gasteiger partial charge in [0.25, 0.3) is 0 Å². The second-order valence-electron chi connectivity index (χ2n) is 2.42. The van der Waals surface area contributed by atoms with Crippen molar-refractivity contribution in [2.45, 2.75) is 13.3 Å². The van der Waals surface area contributed by atoms with Crippen molar-refractivity contribution in [2.24, 2.45) is 0 Å². The van der Waals surface area contributed by atoms with Crippen molar-refractivity contribution in [3.05, 3.63) is 41.8 Å². The van der Waals surface area contributed by atoms with Crippen LogP contribution in [-0.4, -0.2) is 0 Å². The molecule has 0 atom stereocenters. The number of aryl methyl sites for hydroxylation is 1. The summed E-state index contributed by atoms with van der Waals surface area (Å²) in [5.74, 6) is 0. The first-order valence-electron chi connectivity index (χ1n) is 3.63. The summed E-state index contributed by atoms with van der Waals surface area (Å²) in [4.78, 5) is 0. The van der Waals surface area contributed by atoms with E-state index in [1.54, 1.807) is 0 Å². The van der Waals surface area contributed by atoms with Crippen LogP contribution in [0.5, 0.6) is 0 Å². The predicted molar refractivity (Wildman–Crippen MR) is 45.0 cm³/mol. The summed E-state index contributed by atoms with van der Waals surface area (Å²) in [6.07, 6.45) is 0.895. The molecule has 1 aromatic rings. The highest BCUT2D eigenvalue weighted by atomic mass is 14.2. The molecule has 0 heterocycles. The van der Waals surface area contributed by atoms with Crippen molar-refractivity contribution in [3.63, 3.8) is 0 Å². The first-order chi connectivity index (χ1) is 5.29. The molecule has 1 nitrogen and oxygen atoms in total. The van der Waals surface area contributed by atoms with E-state index in [9.17, 15) is 0 Å². The Balaban J connectivity index is 3.27. The van der Waals surface area contributed by atoms with Gasteiger partial charge in [-0.25, -0.2) is 0 Å². The number of rotatable bonds is 1. The van der Waals surface area contributed by atoms with E-state index in [-0.39, 0.29) is 0 Å². The molecule has 1 rings (SSSR count). The van der Waals surface area contributed by atoms with Gasteiger partial charge < -0.3 is 0 Å². The molecule has 1 heteroatoms. The van der Waals surface area contributed by atoms with Crippen LogP contribution in [0.1, 0.15) is 23.6 Å². The normalized spacial score (nSPS) is 9.18. The lowest BCUT2D eigenvalue weighted by atomic mass is 10.0. The predicted octanol–water partition coefficient (Wildman–Crippen LogP) is 2.30. The van der Waals surface area contributed by atoms with Crippen LogP contribution in [0.15, 0.2) is 18.2 Å². The summed E-state index contributed by atoms with van der Waals surface area (Å²) < 4.78 is 0. The van der Waals surface area contributed by atoms with Gasteiger partial charge in [-0.05, 0) is 24.5 Å². The second-order valence-corrected chi connectivity index (χ2v) is 2.42. The molecule has 0 aromatic heterocycles. The van der Waals surface area contributed by atoms with E-state index in [0.717, 1.165) is 23.1 Å². The molecular weight excluding hydrogens is 134 g/mol. The summed E-state index contributed by atoms with van der Waals surface area (Å²) in [6.45, 7) is 5.81. The summed E-state index contributed by atoms with van der Waals surface area (Å²) in [7, 11) is 0. The van der Waals surface area contributed by atoms with E-state index in [0.29, 0.717) is 0 Å². The zero-order valence-electron chi connectivity index (χ0n) is 6.59. The molecule has 0 aliphatic heterocycles. The molecule has 0 N–H and O–H groups in total. The zero-order valence-corrected chi connectivity index (χ0v) is 6.59. The first kappa shape index (κ1) is 7.81. The van der Waals surface area contributed by atoms with Crippen LogP contribution < -0.4 is 0 Å². The summed E-state index contributed by atoms with van der Waals surface area (Å²) in [6, 6.07) is 7.91. The van der Waals surface area contributed by atoms with Crippen molar-refractivity contribution in [1.82, 2.24) is 0 Å². The summed E-state index contributed by atoms with van der Waals surface area (Å²) in [5, 5.41) is 8.74. The van der Waals surface area contributed by atoms with Gasteiger partial charge in [-0.15, -0.1) is 0 Å². The van der Waals surface area contributed by atoms with E-state index >= 15 is 0 Å². The molecule has 0 fully saturated rings. The lowest BCUT2D eigenvalue weighted by Crippen LogP contribution is -1.89. The van der Waals surface area contributed by atoms with Crippen molar-refractivity contribution < 1.29 is 0 Å².